The Balaban J connectivity index is 2.04. The van der Waals surface area contributed by atoms with Crippen LogP contribution < -0.4 is 20.2 Å². The fourth-order valence-corrected chi connectivity index (χ4v) is 3.40. The van der Waals surface area contributed by atoms with E-state index in [9.17, 15) is 14.4 Å². The van der Waals surface area contributed by atoms with Gasteiger partial charge in [0, 0.05) is 4.47 Å². The molecule has 1 atom stereocenters. The molecule has 2 aromatic rings. The van der Waals surface area contributed by atoms with Crippen molar-refractivity contribution in [2.45, 2.75) is 13.8 Å². The van der Waals surface area contributed by atoms with Crippen LogP contribution in [0.1, 0.15) is 19.4 Å². The Bertz CT molecular complexity index is 1040. The number of halogens is 2. The van der Waals surface area contributed by atoms with Crippen molar-refractivity contribution in [2.75, 3.05) is 25.6 Å². The minimum Gasteiger partial charge on any atom is -0.490 e. The molecule has 0 heterocycles. The van der Waals surface area contributed by atoms with Crippen molar-refractivity contribution in [3.63, 3.8) is 0 Å². The van der Waals surface area contributed by atoms with Crippen molar-refractivity contribution in [2.24, 2.45) is 11.0 Å². The number of ether oxygens (including phenoxy) is 3. The van der Waals surface area contributed by atoms with Crippen LogP contribution >= 0.6 is 31.9 Å². The summed E-state index contributed by atoms with van der Waals surface area (Å²) < 4.78 is 16.9. The molecule has 0 radical (unpaired) electrons. The van der Waals surface area contributed by atoms with Crippen LogP contribution in [-0.2, 0) is 19.1 Å². The fourth-order valence-electron chi connectivity index (χ4n) is 2.45. The second-order valence-electron chi connectivity index (χ2n) is 6.55. The lowest BCUT2D eigenvalue weighted by molar-refractivity contribution is -0.143. The van der Waals surface area contributed by atoms with Gasteiger partial charge in [0.25, 0.3) is 5.91 Å². The smallest absolute Gasteiger partial charge is 0.343 e. The van der Waals surface area contributed by atoms with Crippen molar-refractivity contribution in [3.8, 4) is 11.5 Å². The van der Waals surface area contributed by atoms with Crippen LogP contribution in [0.2, 0.25) is 0 Å². The van der Waals surface area contributed by atoms with Gasteiger partial charge in [-0.2, -0.15) is 5.10 Å². The third-order valence-corrected chi connectivity index (χ3v) is 5.48. The Morgan fingerprint density at radius 3 is 2.48 bits per heavy atom. The topological polar surface area (TPSA) is 115 Å². The maximum Gasteiger partial charge on any atom is 0.343 e. The molecule has 9 nitrogen and oxygen atoms in total. The quantitative estimate of drug-likeness (QED) is 0.189. The number of hydrogen-bond acceptors (Lipinski definition) is 7. The number of nitrogens with zero attached hydrogens (tertiary/aromatic N) is 1. The molecule has 0 saturated heterocycles. The summed E-state index contributed by atoms with van der Waals surface area (Å²) in [4.78, 5) is 36.0. The highest BCUT2D eigenvalue weighted by molar-refractivity contribution is 9.11. The number of hydrogen-bond donors (Lipinski definition) is 2. The van der Waals surface area contributed by atoms with E-state index in [4.69, 9.17) is 9.47 Å². The van der Waals surface area contributed by atoms with Crippen LogP contribution in [-0.4, -0.2) is 44.3 Å². The number of methoxy groups -OCH3 is 1. The van der Waals surface area contributed by atoms with E-state index in [0.29, 0.717) is 38.3 Å². The summed E-state index contributed by atoms with van der Waals surface area (Å²) in [6.45, 7) is 3.37. The zero-order valence-corrected chi connectivity index (χ0v) is 21.4. The number of amides is 2. The number of nitrogens with one attached hydrogen (secondary N) is 2. The molecule has 0 fully saturated rings. The maximum absolute atomic E-state index is 12.4. The van der Waals surface area contributed by atoms with E-state index in [1.54, 1.807) is 37.3 Å². The first-order valence-electron chi connectivity index (χ1n) is 9.81. The minimum atomic E-state index is -0.978. The molecule has 2 rings (SSSR count). The van der Waals surface area contributed by atoms with Gasteiger partial charge in [-0.05, 0) is 75.5 Å². The Kier molecular flexibility index (Phi) is 10.3. The molecular formula is C22H23Br2N3O6. The zero-order valence-electron chi connectivity index (χ0n) is 18.2. The van der Waals surface area contributed by atoms with Crippen LogP contribution in [0.4, 0.5) is 5.69 Å². The average Bonchev–Trinajstić information content (AvgIpc) is 2.79. The van der Waals surface area contributed by atoms with Gasteiger partial charge in [-0.25, -0.2) is 10.2 Å². The highest BCUT2D eigenvalue weighted by Crippen LogP contribution is 2.36. The molecular weight excluding hydrogens is 562 g/mol. The number of para-hydroxylation sites is 1. The van der Waals surface area contributed by atoms with Gasteiger partial charge in [0.1, 0.15) is 5.92 Å². The Morgan fingerprint density at radius 1 is 1.09 bits per heavy atom. The second kappa shape index (κ2) is 12.9. The van der Waals surface area contributed by atoms with Gasteiger partial charge in [0.05, 0.1) is 30.1 Å². The summed E-state index contributed by atoms with van der Waals surface area (Å²) in [7, 11) is 1.27. The van der Waals surface area contributed by atoms with Crippen molar-refractivity contribution in [1.29, 1.82) is 0 Å². The molecule has 2 amide bonds. The molecule has 0 aromatic heterocycles. The van der Waals surface area contributed by atoms with Crippen molar-refractivity contribution >= 4 is 61.5 Å². The third-order valence-electron chi connectivity index (χ3n) is 4.20. The van der Waals surface area contributed by atoms with Crippen LogP contribution in [0.25, 0.3) is 0 Å². The highest BCUT2D eigenvalue weighted by Gasteiger charge is 2.22. The van der Waals surface area contributed by atoms with Crippen LogP contribution in [0.5, 0.6) is 11.5 Å². The first kappa shape index (κ1) is 26.3. The number of rotatable bonds is 10. The molecule has 33 heavy (non-hydrogen) atoms. The van der Waals surface area contributed by atoms with E-state index in [2.05, 4.69) is 52.4 Å². The van der Waals surface area contributed by atoms with Crippen LogP contribution in [0.3, 0.4) is 0 Å². The van der Waals surface area contributed by atoms with Crippen LogP contribution in [0, 0.1) is 5.92 Å². The summed E-state index contributed by atoms with van der Waals surface area (Å²) in [5, 5.41) is 6.61. The summed E-state index contributed by atoms with van der Waals surface area (Å²) in [5.41, 5.74) is 3.50. The van der Waals surface area contributed by atoms with Crippen molar-refractivity contribution in [1.82, 2.24) is 5.43 Å². The first-order valence-corrected chi connectivity index (χ1v) is 11.4. The van der Waals surface area contributed by atoms with Gasteiger partial charge in [0.2, 0.25) is 5.91 Å². The van der Waals surface area contributed by atoms with Gasteiger partial charge in [-0.3, -0.25) is 9.59 Å². The maximum atomic E-state index is 12.4. The summed E-state index contributed by atoms with van der Waals surface area (Å²) >= 11 is 6.72. The van der Waals surface area contributed by atoms with E-state index >= 15 is 0 Å². The molecule has 0 aliphatic rings. The van der Waals surface area contributed by atoms with Gasteiger partial charge >= 0.3 is 5.97 Å². The first-order chi connectivity index (χ1) is 15.8. The van der Waals surface area contributed by atoms with Gasteiger partial charge < -0.3 is 19.5 Å². The number of carbonyl (C=O) groups is 3. The van der Waals surface area contributed by atoms with Gasteiger partial charge in [0.15, 0.2) is 18.1 Å². The lowest BCUT2D eigenvalue weighted by Gasteiger charge is -2.14. The summed E-state index contributed by atoms with van der Waals surface area (Å²) in [6.07, 6.45) is 1.40. The molecule has 0 spiro atoms. The highest BCUT2D eigenvalue weighted by atomic mass is 79.9. The van der Waals surface area contributed by atoms with E-state index in [1.807, 2.05) is 6.07 Å². The third kappa shape index (κ3) is 7.86. The minimum absolute atomic E-state index is 0.280. The van der Waals surface area contributed by atoms with Crippen molar-refractivity contribution < 1.29 is 28.6 Å². The molecule has 0 aliphatic carbocycles. The summed E-state index contributed by atoms with van der Waals surface area (Å²) in [5.74, 6) is -1.84. The predicted octanol–water partition coefficient (Wildman–Crippen LogP) is 3.89. The van der Waals surface area contributed by atoms with Gasteiger partial charge in [-0.1, -0.05) is 12.1 Å². The zero-order chi connectivity index (χ0) is 24.4. The molecule has 2 aromatic carbocycles. The number of esters is 1. The summed E-state index contributed by atoms with van der Waals surface area (Å²) in [6, 6.07) is 10.4. The largest absolute Gasteiger partial charge is 0.490 e. The van der Waals surface area contributed by atoms with E-state index in [0.717, 1.165) is 0 Å². The normalized spacial score (nSPS) is 11.5. The molecule has 176 valence electrons. The molecule has 0 bridgehead atoms. The molecule has 0 aliphatic heterocycles. The molecule has 11 heteroatoms. The van der Waals surface area contributed by atoms with Crippen LogP contribution in [0.15, 0.2) is 50.4 Å². The fraction of sp³-hybridized carbons (Fsp3) is 0.273. The van der Waals surface area contributed by atoms with E-state index in [-0.39, 0.29) is 6.61 Å². The second-order valence-corrected chi connectivity index (χ2v) is 8.26. The predicted molar refractivity (Wildman–Crippen MR) is 130 cm³/mol. The SMILES string of the molecule is CCOc1cc(C=NNC(=O)C(C)C(=O)Nc2ccccc2Br)cc(Br)c1OCC(=O)OC. The Morgan fingerprint density at radius 2 is 1.82 bits per heavy atom. The molecule has 0 saturated carbocycles. The Hall–Kier alpha value is -2.92. The molecule has 2 N–H and O–H groups in total. The number of carbonyl (C=O) groups excluding carboxylic acids is 3. The number of benzene rings is 2. The van der Waals surface area contributed by atoms with Crippen molar-refractivity contribution in [3.05, 3.63) is 50.9 Å². The standard InChI is InChI=1S/C22H23Br2N3O6/c1-4-32-18-10-14(9-16(24)20(18)33-12-19(28)31-3)11-25-27-22(30)13(2)21(29)26-17-8-6-5-7-15(17)23/h5-11,13H,4,12H2,1-3H3,(H,26,29)(H,27,30). The Labute approximate surface area is 208 Å². The number of hydrazone groups is 1. The lowest BCUT2D eigenvalue weighted by atomic mass is 10.1. The monoisotopic (exact) mass is 583 g/mol. The lowest BCUT2D eigenvalue weighted by Crippen LogP contribution is -2.34. The molecule has 1 unspecified atom stereocenters. The van der Waals surface area contributed by atoms with Gasteiger partial charge in [-0.15, -0.1) is 0 Å². The average molecular weight is 585 g/mol. The number of anilines is 1. The van der Waals surface area contributed by atoms with E-state index < -0.39 is 23.7 Å². The van der Waals surface area contributed by atoms with E-state index in [1.165, 1.54) is 20.2 Å².